The van der Waals surface area contributed by atoms with Crippen LogP contribution in [-0.4, -0.2) is 31.4 Å². The number of aromatic nitrogens is 4. The lowest BCUT2D eigenvalue weighted by Gasteiger charge is -2.11. The van der Waals surface area contributed by atoms with Crippen LogP contribution in [-0.2, 0) is 4.79 Å². The van der Waals surface area contributed by atoms with E-state index in [9.17, 15) is 4.79 Å². The average Bonchev–Trinajstić information content (AvgIpc) is 3.34. The Morgan fingerprint density at radius 3 is 2.28 bits per heavy atom. The Bertz CT molecular complexity index is 1440. The lowest BCUT2D eigenvalue weighted by atomic mass is 10.2. The molecule has 0 aliphatic rings. The Morgan fingerprint density at radius 1 is 0.861 bits per heavy atom. The SMILES string of the molecule is O=C(CSc1nnc(-c2ccncc2)n1-c1ccc(Cl)cc1)Nc1ccc(Oc2ccccc2)cc1. The maximum absolute atomic E-state index is 12.7. The van der Waals surface area contributed by atoms with Gasteiger partial charge in [-0.25, -0.2) is 0 Å². The first-order valence-corrected chi connectivity index (χ1v) is 12.4. The topological polar surface area (TPSA) is 81.9 Å². The van der Waals surface area contributed by atoms with E-state index in [1.807, 2.05) is 71.3 Å². The highest BCUT2D eigenvalue weighted by Gasteiger charge is 2.17. The molecule has 36 heavy (non-hydrogen) atoms. The van der Waals surface area contributed by atoms with Crippen molar-refractivity contribution in [2.24, 2.45) is 0 Å². The van der Waals surface area contributed by atoms with Gasteiger partial charge < -0.3 is 10.1 Å². The smallest absolute Gasteiger partial charge is 0.234 e. The van der Waals surface area contributed by atoms with Crippen LogP contribution < -0.4 is 10.1 Å². The molecule has 0 saturated carbocycles. The summed E-state index contributed by atoms with van der Waals surface area (Å²) in [5, 5.41) is 12.9. The second-order valence-corrected chi connectivity index (χ2v) is 9.01. The number of benzene rings is 3. The number of thioether (sulfide) groups is 1. The second-order valence-electron chi connectivity index (χ2n) is 7.63. The maximum Gasteiger partial charge on any atom is 0.234 e. The van der Waals surface area contributed by atoms with E-state index in [1.54, 1.807) is 36.7 Å². The molecule has 0 bridgehead atoms. The Labute approximate surface area is 217 Å². The molecule has 0 radical (unpaired) electrons. The van der Waals surface area contributed by atoms with Gasteiger partial charge in [0, 0.05) is 34.4 Å². The van der Waals surface area contributed by atoms with Gasteiger partial charge in [0.25, 0.3) is 0 Å². The number of carbonyl (C=O) groups excluding carboxylic acids is 1. The molecule has 9 heteroatoms. The lowest BCUT2D eigenvalue weighted by Crippen LogP contribution is -2.14. The third-order valence-electron chi connectivity index (χ3n) is 5.11. The summed E-state index contributed by atoms with van der Waals surface area (Å²) in [7, 11) is 0. The Balaban J connectivity index is 1.28. The van der Waals surface area contributed by atoms with Gasteiger partial charge in [-0.15, -0.1) is 10.2 Å². The molecular formula is C27H20ClN5O2S. The van der Waals surface area contributed by atoms with Crippen LogP contribution in [0.5, 0.6) is 11.5 Å². The third-order valence-corrected chi connectivity index (χ3v) is 6.29. The zero-order valence-corrected chi connectivity index (χ0v) is 20.5. The first-order chi connectivity index (χ1) is 17.7. The number of nitrogens with zero attached hydrogens (tertiary/aromatic N) is 4. The highest BCUT2D eigenvalue weighted by molar-refractivity contribution is 7.99. The summed E-state index contributed by atoms with van der Waals surface area (Å²) in [5.41, 5.74) is 2.38. The molecule has 1 amide bonds. The molecule has 5 rings (SSSR count). The van der Waals surface area contributed by atoms with Crippen molar-refractivity contribution >= 4 is 35.0 Å². The van der Waals surface area contributed by atoms with Crippen molar-refractivity contribution in [3.05, 3.63) is 108 Å². The number of hydrogen-bond donors (Lipinski definition) is 1. The standard InChI is InChI=1S/C27H20ClN5O2S/c28-20-6-10-22(11-7-20)33-26(19-14-16-29-17-15-19)31-32-27(33)36-18-25(34)30-21-8-12-24(13-9-21)35-23-4-2-1-3-5-23/h1-17H,18H2,(H,30,34). The van der Waals surface area contributed by atoms with E-state index in [0.717, 1.165) is 17.0 Å². The Morgan fingerprint density at radius 2 is 1.56 bits per heavy atom. The lowest BCUT2D eigenvalue weighted by molar-refractivity contribution is -0.113. The molecule has 0 fully saturated rings. The summed E-state index contributed by atoms with van der Waals surface area (Å²) in [6.45, 7) is 0. The maximum atomic E-state index is 12.7. The molecule has 3 aromatic carbocycles. The summed E-state index contributed by atoms with van der Waals surface area (Å²) < 4.78 is 7.70. The number of hydrogen-bond acceptors (Lipinski definition) is 6. The molecule has 178 valence electrons. The number of pyridine rings is 1. The summed E-state index contributed by atoms with van der Waals surface area (Å²) in [4.78, 5) is 16.8. The van der Waals surface area contributed by atoms with E-state index in [1.165, 1.54) is 11.8 Å². The second kappa shape index (κ2) is 11.1. The van der Waals surface area contributed by atoms with Gasteiger partial charge in [-0.3, -0.25) is 14.3 Å². The predicted molar refractivity (Wildman–Crippen MR) is 142 cm³/mol. The van der Waals surface area contributed by atoms with Gasteiger partial charge in [-0.2, -0.15) is 0 Å². The molecule has 1 N–H and O–H groups in total. The molecule has 0 aliphatic heterocycles. The van der Waals surface area contributed by atoms with Gasteiger partial charge >= 0.3 is 0 Å². The van der Waals surface area contributed by atoms with Crippen LogP contribution in [0.1, 0.15) is 0 Å². The summed E-state index contributed by atoms with van der Waals surface area (Å²) >= 11 is 7.38. The molecule has 0 aliphatic carbocycles. The van der Waals surface area contributed by atoms with Gasteiger partial charge in [0.1, 0.15) is 11.5 Å². The van der Waals surface area contributed by atoms with Gasteiger partial charge in [0.05, 0.1) is 5.75 Å². The predicted octanol–water partition coefficient (Wildman–Crippen LogP) is 6.51. The van der Waals surface area contributed by atoms with Gasteiger partial charge in [-0.1, -0.05) is 41.6 Å². The van der Waals surface area contributed by atoms with Crippen LogP contribution in [0.2, 0.25) is 5.02 Å². The highest BCUT2D eigenvalue weighted by atomic mass is 35.5. The number of anilines is 1. The fraction of sp³-hybridized carbons (Fsp3) is 0.0370. The van der Waals surface area contributed by atoms with Crippen molar-refractivity contribution in [1.29, 1.82) is 0 Å². The van der Waals surface area contributed by atoms with Gasteiger partial charge in [-0.05, 0) is 72.8 Å². The van der Waals surface area contributed by atoms with E-state index in [4.69, 9.17) is 16.3 Å². The van der Waals surface area contributed by atoms with Gasteiger partial charge in [0.15, 0.2) is 11.0 Å². The van der Waals surface area contributed by atoms with Crippen molar-refractivity contribution < 1.29 is 9.53 Å². The molecule has 7 nitrogen and oxygen atoms in total. The molecular weight excluding hydrogens is 494 g/mol. The number of amides is 1. The number of nitrogens with one attached hydrogen (secondary N) is 1. The minimum Gasteiger partial charge on any atom is -0.457 e. The minimum atomic E-state index is -0.159. The van der Waals surface area contributed by atoms with Crippen molar-refractivity contribution in [2.75, 3.05) is 11.1 Å². The van der Waals surface area contributed by atoms with Crippen LogP contribution in [0.25, 0.3) is 17.1 Å². The normalized spacial score (nSPS) is 10.7. The van der Waals surface area contributed by atoms with Crippen LogP contribution in [0.3, 0.4) is 0 Å². The van der Waals surface area contributed by atoms with Crippen LogP contribution in [0, 0.1) is 0 Å². The highest BCUT2D eigenvalue weighted by Crippen LogP contribution is 2.29. The number of para-hydroxylation sites is 1. The van der Waals surface area contributed by atoms with Crippen molar-refractivity contribution in [1.82, 2.24) is 19.7 Å². The number of rotatable bonds is 8. The summed E-state index contributed by atoms with van der Waals surface area (Å²) in [5.74, 6) is 2.09. The molecule has 0 atom stereocenters. The van der Waals surface area contributed by atoms with Gasteiger partial charge in [0.2, 0.25) is 5.91 Å². The quantitative estimate of drug-likeness (QED) is 0.238. The number of ether oxygens (including phenoxy) is 1. The monoisotopic (exact) mass is 513 g/mol. The fourth-order valence-electron chi connectivity index (χ4n) is 3.43. The average molecular weight is 514 g/mol. The first kappa shape index (κ1) is 23.6. The van der Waals surface area contributed by atoms with Crippen molar-refractivity contribution in [2.45, 2.75) is 5.16 Å². The van der Waals surface area contributed by atoms with Crippen molar-refractivity contribution in [3.8, 4) is 28.6 Å². The van der Waals surface area contributed by atoms with E-state index >= 15 is 0 Å². The molecule has 0 spiro atoms. The first-order valence-electron chi connectivity index (χ1n) is 11.0. The van der Waals surface area contributed by atoms with Crippen LogP contribution in [0.4, 0.5) is 5.69 Å². The Hall–Kier alpha value is -4.14. The van der Waals surface area contributed by atoms with Crippen LogP contribution >= 0.6 is 23.4 Å². The third kappa shape index (κ3) is 5.73. The number of carbonyl (C=O) groups is 1. The minimum absolute atomic E-state index is 0.157. The van der Waals surface area contributed by atoms with Crippen LogP contribution in [0.15, 0.2) is 109 Å². The zero-order chi connectivity index (χ0) is 24.7. The zero-order valence-electron chi connectivity index (χ0n) is 18.9. The van der Waals surface area contributed by atoms with Crippen molar-refractivity contribution in [3.63, 3.8) is 0 Å². The van der Waals surface area contributed by atoms with E-state index in [-0.39, 0.29) is 11.7 Å². The fourth-order valence-corrected chi connectivity index (χ4v) is 4.31. The molecule has 2 aromatic heterocycles. The van der Waals surface area contributed by atoms with E-state index in [2.05, 4.69) is 20.5 Å². The summed E-state index contributed by atoms with van der Waals surface area (Å²) in [6, 6.07) is 27.9. The molecule has 0 unspecified atom stereocenters. The molecule has 2 heterocycles. The summed E-state index contributed by atoms with van der Waals surface area (Å²) in [6.07, 6.45) is 3.40. The molecule has 0 saturated heterocycles. The number of halogens is 1. The van der Waals surface area contributed by atoms with E-state index in [0.29, 0.717) is 27.4 Å². The largest absolute Gasteiger partial charge is 0.457 e. The molecule has 5 aromatic rings. The Kier molecular flexibility index (Phi) is 7.25. The van der Waals surface area contributed by atoms with E-state index < -0.39 is 0 Å².